The average molecular weight is 1530 g/mol. The van der Waals surface area contributed by atoms with E-state index in [2.05, 4.69) is 35.9 Å². The fourth-order valence-electron chi connectivity index (χ4n) is 14.8. The number of hydrogen-bond acceptors (Lipinski definition) is 27. The molecule has 10 N–H and O–H groups in total. The van der Waals surface area contributed by atoms with Crippen LogP contribution in [-0.2, 0) is 89.0 Å². The van der Waals surface area contributed by atoms with Gasteiger partial charge in [-0.1, -0.05) is 86.6 Å². The van der Waals surface area contributed by atoms with Crippen molar-refractivity contribution in [1.29, 1.82) is 0 Å². The highest BCUT2D eigenvalue weighted by molar-refractivity contribution is 5.98. The number of ether oxygens (including phenoxy) is 9. The van der Waals surface area contributed by atoms with Crippen LogP contribution in [-0.4, -0.2) is 212 Å². The van der Waals surface area contributed by atoms with E-state index >= 15 is 9.59 Å². The van der Waals surface area contributed by atoms with Gasteiger partial charge < -0.3 is 84.7 Å². The van der Waals surface area contributed by atoms with Crippen molar-refractivity contribution >= 4 is 76.4 Å². The molecule has 3 heterocycles. The van der Waals surface area contributed by atoms with Crippen LogP contribution in [0.2, 0.25) is 0 Å². The summed E-state index contributed by atoms with van der Waals surface area (Å²) in [5, 5.41) is 56.5. The lowest BCUT2D eigenvalue weighted by Gasteiger charge is -2.67. The Morgan fingerprint density at radius 3 is 1.99 bits per heavy atom. The van der Waals surface area contributed by atoms with Gasteiger partial charge in [0.2, 0.25) is 23.9 Å². The van der Waals surface area contributed by atoms with Gasteiger partial charge in [-0.05, 0) is 101 Å². The quantitative estimate of drug-likeness (QED) is 0.00854. The third kappa shape index (κ3) is 20.2. The smallest absolute Gasteiger partial charge is 0.408 e. The van der Waals surface area contributed by atoms with Gasteiger partial charge in [0.25, 0.3) is 5.56 Å². The molecule has 2 aromatic heterocycles. The Bertz CT molecular complexity index is 4250. The first-order valence-electron chi connectivity index (χ1n) is 36.7. The van der Waals surface area contributed by atoms with Crippen molar-refractivity contribution in [2.45, 2.75) is 185 Å². The third-order valence-electron chi connectivity index (χ3n) is 20.6. The number of Topliss-reactive ketones (excluding diaryl/α,β-unsaturated/α-hetero) is 2. The molecule has 2 saturated carbocycles. The lowest BCUT2D eigenvalue weighted by atomic mass is 9.44. The van der Waals surface area contributed by atoms with E-state index in [1.54, 1.807) is 81.4 Å². The topological polar surface area (TPSA) is 468 Å². The Labute approximate surface area is 634 Å². The number of nitrogen functional groups attached to an aromatic ring is 1. The number of aryl methyl sites for hydroxylation is 2. The van der Waals surface area contributed by atoms with Gasteiger partial charge in [-0.2, -0.15) is 4.98 Å². The number of aliphatic carboxylic acids is 1. The fourth-order valence-corrected chi connectivity index (χ4v) is 14.8. The number of carbonyl (C=O) groups is 10. The summed E-state index contributed by atoms with van der Waals surface area (Å²) < 4.78 is 53.1. The highest BCUT2D eigenvalue weighted by Crippen LogP contribution is 2.64. The van der Waals surface area contributed by atoms with Crippen molar-refractivity contribution in [3.05, 3.63) is 141 Å². The SMILES string of the molecule is CC(=O)O[C@]12CO[C@H]1C[C@@H](O)[C@]1(C)C(=O)[C@@H](O)C3=C(C)[C@H](OC(=O)[C@@H](OC(=O)CCC(=O)NCCCOCCOCCOCCCNC(=O)CCC(CC(=O)c4ccc(CCc5cnc6c(=O)[nH]c(N)nc6n5)cc4)C(=O)O)[C@H](NC(=O)OC(C)(C)C)c4ccccc4)C[C@](O)([C@H](OC(=O)c4ccccc4)[C@@H]21)C3(C)C. The largest absolute Gasteiger partial charge is 0.481 e. The summed E-state index contributed by atoms with van der Waals surface area (Å²) in [4.78, 5) is 164. The third-order valence-corrected chi connectivity index (χ3v) is 20.6. The van der Waals surface area contributed by atoms with E-state index in [1.165, 1.54) is 58.2 Å². The molecular formula is C78H98N8O24. The second-order valence-corrected chi connectivity index (χ2v) is 29.7. The Morgan fingerprint density at radius 1 is 0.773 bits per heavy atom. The molecule has 32 heteroatoms. The molecular weight excluding hydrogens is 1430 g/mol. The van der Waals surface area contributed by atoms with E-state index in [4.69, 9.17) is 48.4 Å². The summed E-state index contributed by atoms with van der Waals surface area (Å²) in [7, 11) is 0. The van der Waals surface area contributed by atoms with E-state index in [0.717, 1.165) is 12.5 Å². The minimum Gasteiger partial charge on any atom is -0.481 e. The molecule has 1 aliphatic heterocycles. The number of carboxylic acids is 1. The first-order chi connectivity index (χ1) is 52.2. The number of fused-ring (bicyclic) bond motifs is 6. The van der Waals surface area contributed by atoms with E-state index in [0.29, 0.717) is 43.5 Å². The van der Waals surface area contributed by atoms with Crippen LogP contribution in [0.25, 0.3) is 11.2 Å². The molecule has 4 aliphatic rings. The molecule has 0 spiro atoms. The monoisotopic (exact) mass is 1530 g/mol. The average Bonchev–Trinajstić information content (AvgIpc) is 0.669. The number of benzene rings is 3. The number of carbonyl (C=O) groups excluding carboxylic acids is 9. The molecule has 3 amide bonds. The number of aliphatic hydroxyl groups excluding tert-OH is 2. The second-order valence-electron chi connectivity index (χ2n) is 29.7. The number of anilines is 1. The van der Waals surface area contributed by atoms with Crippen LogP contribution in [0.3, 0.4) is 0 Å². The minimum atomic E-state index is -2.51. The number of carboxylic acid groups (broad SMARTS) is 1. The van der Waals surface area contributed by atoms with E-state index < -0.39 is 155 Å². The zero-order chi connectivity index (χ0) is 79.9. The Balaban J connectivity index is 0.720. The number of aliphatic hydroxyl groups is 3. The fraction of sp³-hybridized carbons (Fsp3) is 0.538. The lowest BCUT2D eigenvalue weighted by Crippen LogP contribution is -2.81. The zero-order valence-corrected chi connectivity index (χ0v) is 62.9. The molecule has 2 bridgehead atoms. The molecule has 1 saturated heterocycles. The van der Waals surface area contributed by atoms with Gasteiger partial charge in [0.15, 0.2) is 28.3 Å². The number of hydrogen-bond donors (Lipinski definition) is 9. The highest BCUT2D eigenvalue weighted by atomic mass is 16.6. The zero-order valence-electron chi connectivity index (χ0n) is 62.9. The molecule has 594 valence electrons. The first-order valence-corrected chi connectivity index (χ1v) is 36.7. The van der Waals surface area contributed by atoms with Crippen molar-refractivity contribution < 1.29 is 111 Å². The normalized spacial score (nSPS) is 23.4. The number of H-pyrrole nitrogens is 1. The van der Waals surface area contributed by atoms with Crippen LogP contribution >= 0.6 is 0 Å². The van der Waals surface area contributed by atoms with Crippen molar-refractivity contribution in [2.24, 2.45) is 22.7 Å². The summed E-state index contributed by atoms with van der Waals surface area (Å²) in [6.45, 7) is 13.3. The van der Waals surface area contributed by atoms with E-state index in [1.807, 2.05) is 0 Å². The summed E-state index contributed by atoms with van der Waals surface area (Å²) in [6.07, 6.45) is -10.5. The van der Waals surface area contributed by atoms with Gasteiger partial charge in [-0.25, -0.2) is 24.4 Å². The van der Waals surface area contributed by atoms with Gasteiger partial charge in [0, 0.05) is 82.5 Å². The van der Waals surface area contributed by atoms with Crippen LogP contribution in [0.4, 0.5) is 10.7 Å². The van der Waals surface area contributed by atoms with Crippen LogP contribution in [0.5, 0.6) is 0 Å². The minimum absolute atomic E-state index is 0.0165. The molecule has 0 radical (unpaired) electrons. The van der Waals surface area contributed by atoms with Crippen molar-refractivity contribution in [3.63, 3.8) is 0 Å². The Kier molecular flexibility index (Phi) is 28.1. The van der Waals surface area contributed by atoms with E-state index in [-0.39, 0.29) is 129 Å². The molecule has 32 nitrogen and oxygen atoms in total. The predicted octanol–water partition coefficient (Wildman–Crippen LogP) is 4.80. The van der Waals surface area contributed by atoms with Gasteiger partial charge in [0.1, 0.15) is 41.7 Å². The molecule has 9 rings (SSSR count). The van der Waals surface area contributed by atoms with Crippen molar-refractivity contribution in [1.82, 2.24) is 35.9 Å². The number of nitrogens with zero attached hydrogens (tertiary/aromatic N) is 3. The molecule has 3 fully saturated rings. The van der Waals surface area contributed by atoms with Gasteiger partial charge >= 0.3 is 35.9 Å². The number of aromatic nitrogens is 4. The lowest BCUT2D eigenvalue weighted by molar-refractivity contribution is -0.346. The van der Waals surface area contributed by atoms with Crippen LogP contribution in [0.1, 0.15) is 157 Å². The number of amides is 3. The van der Waals surface area contributed by atoms with Crippen LogP contribution in [0.15, 0.2) is 107 Å². The number of aromatic amines is 1. The highest BCUT2D eigenvalue weighted by Gasteiger charge is 2.78. The van der Waals surface area contributed by atoms with Gasteiger partial charge in [-0.15, -0.1) is 0 Å². The van der Waals surface area contributed by atoms with Crippen molar-refractivity contribution in [2.75, 3.05) is 65.1 Å². The maximum atomic E-state index is 15.4. The number of alkyl carbamates (subject to hydrolysis) is 1. The first kappa shape index (κ1) is 84.1. The molecule has 3 aliphatic carbocycles. The summed E-state index contributed by atoms with van der Waals surface area (Å²) in [6, 6.07) is 20.8. The molecule has 12 atom stereocenters. The molecule has 110 heavy (non-hydrogen) atoms. The number of ketones is 2. The number of nitrogens with one attached hydrogen (secondary N) is 4. The number of nitrogens with two attached hydrogens (primary N) is 1. The standard InChI is InChI=1S/C78H98N8O24/c1-44-53(41-78(101)66(108-70(98)49-19-13-10-14-20-49)64-76(8,65(94)62(93)59(44)75(78,6)7)54(89)40-55-77(64,43-105-55)109-45(2)87)106-71(99)63(60(48-17-11-9-12-18-48)84-73(100)110-74(3,4)5)107-58(92)30-29-57(91)81-32-16-34-103-36-38-104-37-35-102-33-15-31-80-56(90)28-26-50(69(96)97)39-52(88)47-24-21-46(22-25-47)23-27-51-42-82-61-67(83-51)85-72(79)86-68(61)95/h9-14,17-22,24-25,42,50,53-55,60,62-64,66,89,93,101H,15-16,23,26-41,43H2,1-8H3,(H,80,90)(H,81,91)(H,84,100)(H,96,97)(H3,79,83,85,86,95)/t50?,53-,54-,55+,60-,62+,63+,64-,66-,76+,77-,78+/m1/s1. The number of esters is 4. The van der Waals surface area contributed by atoms with Crippen molar-refractivity contribution in [3.8, 4) is 0 Å². The molecule has 1 unspecified atom stereocenters. The van der Waals surface area contributed by atoms with Gasteiger partial charge in [-0.3, -0.25) is 43.3 Å². The van der Waals surface area contributed by atoms with Crippen LogP contribution < -0.4 is 27.2 Å². The molecule has 3 aromatic carbocycles. The predicted molar refractivity (Wildman–Crippen MR) is 390 cm³/mol. The maximum absolute atomic E-state index is 15.4. The summed E-state index contributed by atoms with van der Waals surface area (Å²) in [5.41, 5.74) is -2.01. The molecule has 5 aromatic rings. The summed E-state index contributed by atoms with van der Waals surface area (Å²) in [5.74, 6) is -10.5. The van der Waals surface area contributed by atoms with E-state index in [9.17, 15) is 63.6 Å². The van der Waals surface area contributed by atoms with Crippen LogP contribution in [0, 0.1) is 22.7 Å². The van der Waals surface area contributed by atoms with Gasteiger partial charge in [0.05, 0.1) is 74.1 Å². The second kappa shape index (κ2) is 36.7. The Hall–Kier alpha value is -9.96. The Morgan fingerprint density at radius 2 is 1.39 bits per heavy atom. The maximum Gasteiger partial charge on any atom is 0.408 e. The number of rotatable bonds is 36. The summed E-state index contributed by atoms with van der Waals surface area (Å²) >= 11 is 0.